The quantitative estimate of drug-likeness (QED) is 0.862. The van der Waals surface area contributed by atoms with Crippen molar-refractivity contribution in [3.8, 4) is 0 Å². The van der Waals surface area contributed by atoms with Gasteiger partial charge in [0.25, 0.3) is 0 Å². The number of benzene rings is 1. The van der Waals surface area contributed by atoms with Crippen LogP contribution in [0.25, 0.3) is 0 Å². The summed E-state index contributed by atoms with van der Waals surface area (Å²) in [5.41, 5.74) is 3.48. The zero-order chi connectivity index (χ0) is 19.5. The number of hydrogen-bond donors (Lipinski definition) is 1. The molecule has 7 heteroatoms. The molecule has 0 atom stereocenters. The first-order valence-corrected chi connectivity index (χ1v) is 10.1. The van der Waals surface area contributed by atoms with E-state index in [0.717, 1.165) is 49.0 Å². The predicted octanol–water partition coefficient (Wildman–Crippen LogP) is 2.75. The molecule has 0 saturated carbocycles. The number of anilines is 1. The molecule has 2 aliphatic heterocycles. The first-order valence-electron chi connectivity index (χ1n) is 9.77. The van der Waals surface area contributed by atoms with E-state index in [4.69, 9.17) is 11.6 Å². The fourth-order valence-electron chi connectivity index (χ4n) is 3.76. The van der Waals surface area contributed by atoms with Crippen LogP contribution in [0.5, 0.6) is 0 Å². The van der Waals surface area contributed by atoms with E-state index in [1.165, 1.54) is 11.1 Å². The highest BCUT2D eigenvalue weighted by Gasteiger charge is 2.21. The van der Waals surface area contributed by atoms with Gasteiger partial charge in [-0.05, 0) is 54.4 Å². The van der Waals surface area contributed by atoms with Crippen molar-refractivity contribution in [2.45, 2.75) is 19.5 Å². The molecule has 0 aliphatic carbocycles. The Balaban J connectivity index is 1.34. The number of pyridine rings is 1. The van der Waals surface area contributed by atoms with Crippen LogP contribution in [0.4, 0.5) is 10.6 Å². The van der Waals surface area contributed by atoms with E-state index in [1.807, 2.05) is 35.4 Å². The maximum Gasteiger partial charge on any atom is 0.317 e. The monoisotopic (exact) mass is 399 g/mol. The largest absolute Gasteiger partial charge is 0.354 e. The number of hydrogen-bond acceptors (Lipinski definition) is 4. The summed E-state index contributed by atoms with van der Waals surface area (Å²) in [6.45, 7) is 5.90. The van der Waals surface area contributed by atoms with Crippen molar-refractivity contribution in [3.05, 3.63) is 58.2 Å². The van der Waals surface area contributed by atoms with Gasteiger partial charge in [-0.15, -0.1) is 0 Å². The van der Waals surface area contributed by atoms with E-state index < -0.39 is 0 Å². The van der Waals surface area contributed by atoms with Crippen LogP contribution in [-0.2, 0) is 19.5 Å². The molecule has 2 amide bonds. The SMILES string of the molecule is CN1CCN(c2cc(CNC(=O)N3CCc4cc(Cl)ccc4C3)ccn2)CC1. The van der Waals surface area contributed by atoms with Gasteiger partial charge in [-0.2, -0.15) is 0 Å². The van der Waals surface area contributed by atoms with Gasteiger partial charge in [-0.1, -0.05) is 17.7 Å². The van der Waals surface area contributed by atoms with Crippen LogP contribution in [-0.4, -0.2) is 60.6 Å². The fourth-order valence-corrected chi connectivity index (χ4v) is 3.96. The molecule has 0 unspecified atom stereocenters. The van der Waals surface area contributed by atoms with E-state index in [0.29, 0.717) is 19.6 Å². The maximum atomic E-state index is 12.6. The highest BCUT2D eigenvalue weighted by molar-refractivity contribution is 6.30. The van der Waals surface area contributed by atoms with Gasteiger partial charge in [-0.3, -0.25) is 0 Å². The lowest BCUT2D eigenvalue weighted by molar-refractivity contribution is 0.192. The third kappa shape index (κ3) is 4.39. The second-order valence-electron chi connectivity index (χ2n) is 7.56. The van der Waals surface area contributed by atoms with Crippen LogP contribution >= 0.6 is 11.6 Å². The molecule has 1 saturated heterocycles. The van der Waals surface area contributed by atoms with Crippen LogP contribution in [0.3, 0.4) is 0 Å². The molecular formula is C21H26ClN5O. The van der Waals surface area contributed by atoms with Crippen LogP contribution in [0.2, 0.25) is 5.02 Å². The third-order valence-electron chi connectivity index (χ3n) is 5.55. The lowest BCUT2D eigenvalue weighted by atomic mass is 10.0. The minimum atomic E-state index is -0.0291. The van der Waals surface area contributed by atoms with Crippen molar-refractivity contribution < 1.29 is 4.79 Å². The Hall–Kier alpha value is -2.31. The summed E-state index contributed by atoms with van der Waals surface area (Å²) >= 11 is 6.07. The summed E-state index contributed by atoms with van der Waals surface area (Å²) in [5.74, 6) is 0.989. The number of carbonyl (C=O) groups is 1. The van der Waals surface area contributed by atoms with E-state index in [9.17, 15) is 4.79 Å². The van der Waals surface area contributed by atoms with Gasteiger partial charge in [-0.25, -0.2) is 9.78 Å². The van der Waals surface area contributed by atoms with Crippen LogP contribution < -0.4 is 10.2 Å². The molecule has 0 spiro atoms. The Bertz CT molecular complexity index is 850. The summed E-state index contributed by atoms with van der Waals surface area (Å²) < 4.78 is 0. The van der Waals surface area contributed by atoms with Crippen molar-refractivity contribution in [3.63, 3.8) is 0 Å². The Morgan fingerprint density at radius 3 is 2.75 bits per heavy atom. The molecule has 1 N–H and O–H groups in total. The van der Waals surface area contributed by atoms with Crippen molar-refractivity contribution in [1.29, 1.82) is 0 Å². The number of nitrogens with one attached hydrogen (secondary N) is 1. The average Bonchev–Trinajstić information content (AvgIpc) is 2.72. The molecule has 28 heavy (non-hydrogen) atoms. The predicted molar refractivity (Wildman–Crippen MR) is 112 cm³/mol. The number of amides is 2. The van der Waals surface area contributed by atoms with Gasteiger partial charge in [0.1, 0.15) is 5.82 Å². The van der Waals surface area contributed by atoms with Gasteiger partial charge in [0.05, 0.1) is 0 Å². The summed E-state index contributed by atoms with van der Waals surface area (Å²) in [5, 5.41) is 3.81. The first-order chi connectivity index (χ1) is 13.6. The molecule has 148 valence electrons. The van der Waals surface area contributed by atoms with Crippen molar-refractivity contribution in [2.75, 3.05) is 44.7 Å². The molecule has 6 nitrogen and oxygen atoms in total. The number of urea groups is 1. The molecule has 3 heterocycles. The minimum Gasteiger partial charge on any atom is -0.354 e. The number of nitrogens with zero attached hydrogens (tertiary/aromatic N) is 4. The first kappa shape index (κ1) is 19.0. The van der Waals surface area contributed by atoms with E-state index in [-0.39, 0.29) is 6.03 Å². The lowest BCUT2D eigenvalue weighted by Crippen LogP contribution is -2.45. The molecule has 1 aromatic heterocycles. The number of fused-ring (bicyclic) bond motifs is 1. The van der Waals surface area contributed by atoms with Gasteiger partial charge in [0, 0.05) is 57.0 Å². The second kappa shape index (κ2) is 8.37. The molecule has 1 aromatic carbocycles. The van der Waals surface area contributed by atoms with Gasteiger partial charge < -0.3 is 20.0 Å². The summed E-state index contributed by atoms with van der Waals surface area (Å²) in [6, 6.07) is 9.93. The Morgan fingerprint density at radius 2 is 1.93 bits per heavy atom. The highest BCUT2D eigenvalue weighted by Crippen LogP contribution is 2.22. The van der Waals surface area contributed by atoms with Gasteiger partial charge in [0.2, 0.25) is 0 Å². The van der Waals surface area contributed by atoms with Crippen molar-refractivity contribution in [1.82, 2.24) is 20.1 Å². The summed E-state index contributed by atoms with van der Waals surface area (Å²) in [6.07, 6.45) is 2.67. The normalized spacial score (nSPS) is 17.4. The number of rotatable bonds is 3. The standard InChI is InChI=1S/C21H26ClN5O/c1-25-8-10-26(11-9-25)20-12-16(4-6-23-20)14-24-21(28)27-7-5-17-13-19(22)3-2-18(17)15-27/h2-4,6,12-13H,5,7-11,14-15H2,1H3,(H,24,28). The smallest absolute Gasteiger partial charge is 0.317 e. The number of carbonyl (C=O) groups excluding carboxylic acids is 1. The number of likely N-dealkylation sites (N-methyl/N-ethyl adjacent to an activating group) is 1. The van der Waals surface area contributed by atoms with Gasteiger partial charge >= 0.3 is 6.03 Å². The van der Waals surface area contributed by atoms with Gasteiger partial charge in [0.15, 0.2) is 0 Å². The summed E-state index contributed by atoms with van der Waals surface area (Å²) in [7, 11) is 2.14. The zero-order valence-electron chi connectivity index (χ0n) is 16.2. The molecule has 4 rings (SSSR count). The molecular weight excluding hydrogens is 374 g/mol. The topological polar surface area (TPSA) is 51.7 Å². The highest BCUT2D eigenvalue weighted by atomic mass is 35.5. The van der Waals surface area contributed by atoms with E-state index in [1.54, 1.807) is 0 Å². The van der Waals surface area contributed by atoms with Crippen LogP contribution in [0, 0.1) is 0 Å². The minimum absolute atomic E-state index is 0.0291. The van der Waals surface area contributed by atoms with Crippen molar-refractivity contribution >= 4 is 23.4 Å². The van der Waals surface area contributed by atoms with Crippen molar-refractivity contribution in [2.24, 2.45) is 0 Å². The second-order valence-corrected chi connectivity index (χ2v) is 7.99. The maximum absolute atomic E-state index is 12.6. The Morgan fingerprint density at radius 1 is 1.11 bits per heavy atom. The number of piperazine rings is 1. The molecule has 1 fully saturated rings. The Kier molecular flexibility index (Phi) is 5.69. The molecule has 0 radical (unpaired) electrons. The molecule has 0 bridgehead atoms. The van der Waals surface area contributed by atoms with Crippen LogP contribution in [0.1, 0.15) is 16.7 Å². The van der Waals surface area contributed by atoms with E-state index >= 15 is 0 Å². The Labute approximate surface area is 171 Å². The van der Waals surface area contributed by atoms with E-state index in [2.05, 4.69) is 33.2 Å². The number of halogens is 1. The molecule has 2 aromatic rings. The average molecular weight is 400 g/mol. The number of aromatic nitrogens is 1. The third-order valence-corrected chi connectivity index (χ3v) is 5.78. The lowest BCUT2D eigenvalue weighted by Gasteiger charge is -2.33. The summed E-state index contributed by atoms with van der Waals surface area (Å²) in [4.78, 5) is 23.6. The zero-order valence-corrected chi connectivity index (χ0v) is 17.0. The van der Waals surface area contributed by atoms with Crippen LogP contribution in [0.15, 0.2) is 36.5 Å². The fraction of sp³-hybridized carbons (Fsp3) is 0.429. The molecule has 2 aliphatic rings.